The predicted molar refractivity (Wildman–Crippen MR) is 103 cm³/mol. The largest absolute Gasteiger partial charge is 0.490 e. The van der Waals surface area contributed by atoms with Gasteiger partial charge in [0.05, 0.1) is 12.3 Å². The maximum absolute atomic E-state index is 12.1. The van der Waals surface area contributed by atoms with Crippen molar-refractivity contribution in [2.75, 3.05) is 5.73 Å². The van der Waals surface area contributed by atoms with Crippen molar-refractivity contribution in [3.8, 4) is 11.8 Å². The Morgan fingerprint density at radius 2 is 1.85 bits per heavy atom. The number of anilines is 1. The summed E-state index contributed by atoms with van der Waals surface area (Å²) >= 11 is 0. The molecule has 2 rings (SSSR count). The first-order valence-corrected chi connectivity index (χ1v) is 13.0. The van der Waals surface area contributed by atoms with Crippen molar-refractivity contribution in [2.24, 2.45) is 0 Å². The fraction of sp³-hybridized carbons (Fsp3) is 0.583. The van der Waals surface area contributed by atoms with Crippen molar-refractivity contribution in [3.63, 3.8) is 0 Å². The zero-order chi connectivity index (χ0) is 25.4. The first-order valence-electron chi connectivity index (χ1n) is 8.44. The summed E-state index contributed by atoms with van der Waals surface area (Å²) in [5.74, 6) is 4.28. The van der Waals surface area contributed by atoms with E-state index in [0.717, 1.165) is 13.1 Å². The highest BCUT2D eigenvalue weighted by atomic mass is 31.3. The third-order valence-electron chi connectivity index (χ3n) is 3.89. The topological polar surface area (TPSA) is 283 Å². The zero-order valence-corrected chi connectivity index (χ0v) is 19.3. The lowest BCUT2D eigenvalue weighted by Crippen LogP contribution is -2.49. The van der Waals surface area contributed by atoms with Crippen LogP contribution in [0, 0.1) is 11.8 Å². The number of nitrogens with zero attached hydrogens (tertiary/aromatic N) is 3. The average molecular weight is 536 g/mol. The maximum atomic E-state index is 12.1. The monoisotopic (exact) mass is 536 g/mol. The Balaban J connectivity index is 2.31. The molecule has 1 aromatic rings. The van der Waals surface area contributed by atoms with E-state index in [1.807, 2.05) is 0 Å². The summed E-state index contributed by atoms with van der Waals surface area (Å²) in [6, 6.07) is 0. The SMILES string of the molecule is CC#CC1(O)[C@@H](O)[C@@H]([C@@H](C)OP(=O)(O)OP(=O)(O)OP(=O)(O)O)O[C@H]1n1ncc(N)nc1=O. The van der Waals surface area contributed by atoms with Gasteiger partial charge in [-0.25, -0.2) is 18.5 Å². The number of aromatic nitrogens is 3. The second kappa shape index (κ2) is 9.61. The van der Waals surface area contributed by atoms with Crippen LogP contribution in [-0.4, -0.2) is 68.5 Å². The van der Waals surface area contributed by atoms with Crippen molar-refractivity contribution < 1.29 is 61.4 Å². The fourth-order valence-corrected chi connectivity index (χ4v) is 5.96. The molecule has 0 radical (unpaired) electrons. The van der Waals surface area contributed by atoms with Crippen molar-refractivity contribution in [1.29, 1.82) is 0 Å². The van der Waals surface area contributed by atoms with Crippen molar-refractivity contribution >= 4 is 29.3 Å². The number of aliphatic hydroxyl groups is 2. The Kier molecular flexibility index (Phi) is 8.06. The van der Waals surface area contributed by atoms with Crippen molar-refractivity contribution in [1.82, 2.24) is 14.8 Å². The number of rotatable bonds is 8. The van der Waals surface area contributed by atoms with Gasteiger partial charge in [-0.3, -0.25) is 4.52 Å². The number of nitrogen functional groups attached to an aromatic ring is 1. The molecule has 3 unspecified atom stereocenters. The second-order valence-electron chi connectivity index (χ2n) is 6.41. The normalized spacial score (nSPS) is 30.0. The zero-order valence-electron chi connectivity index (χ0n) is 16.6. The number of phosphoric acid groups is 3. The van der Waals surface area contributed by atoms with Gasteiger partial charge in [-0.2, -0.15) is 23.4 Å². The van der Waals surface area contributed by atoms with Crippen molar-refractivity contribution in [3.05, 3.63) is 16.7 Å². The Labute approximate surface area is 184 Å². The summed E-state index contributed by atoms with van der Waals surface area (Å²) in [5, 5.41) is 25.1. The van der Waals surface area contributed by atoms with E-state index in [2.05, 4.69) is 35.1 Å². The third kappa shape index (κ3) is 6.75. The highest BCUT2D eigenvalue weighted by Crippen LogP contribution is 2.66. The molecule has 0 saturated carbocycles. The van der Waals surface area contributed by atoms with Crippen LogP contribution in [0.5, 0.6) is 0 Å². The summed E-state index contributed by atoms with van der Waals surface area (Å²) in [6.45, 7) is 2.27. The van der Waals surface area contributed by atoms with Gasteiger partial charge < -0.3 is 40.3 Å². The van der Waals surface area contributed by atoms with E-state index >= 15 is 0 Å². The quantitative estimate of drug-likeness (QED) is 0.139. The van der Waals surface area contributed by atoms with Gasteiger partial charge in [0, 0.05) is 0 Å². The average Bonchev–Trinajstić information content (AvgIpc) is 2.83. The minimum Gasteiger partial charge on any atom is -0.386 e. The molecule has 0 bridgehead atoms. The molecule has 1 aliphatic heterocycles. The molecule has 7 atom stereocenters. The van der Waals surface area contributed by atoms with E-state index in [4.69, 9.17) is 20.3 Å². The molecule has 0 aliphatic carbocycles. The van der Waals surface area contributed by atoms with E-state index < -0.39 is 59.3 Å². The molecular formula is C12H19N4O14P3. The molecule has 1 aliphatic rings. The van der Waals surface area contributed by atoms with E-state index in [0.29, 0.717) is 4.68 Å². The molecule has 0 aromatic carbocycles. The number of ether oxygens (including phenoxy) is 1. The molecule has 21 heteroatoms. The summed E-state index contributed by atoms with van der Waals surface area (Å²) in [4.78, 5) is 51.5. The molecule has 1 aromatic heterocycles. The number of hydrogen-bond donors (Lipinski definition) is 7. The smallest absolute Gasteiger partial charge is 0.386 e. The molecule has 1 saturated heterocycles. The number of hydrogen-bond acceptors (Lipinski definition) is 13. The van der Waals surface area contributed by atoms with Crippen LogP contribution in [0.15, 0.2) is 11.0 Å². The Morgan fingerprint density at radius 1 is 1.24 bits per heavy atom. The van der Waals surface area contributed by atoms with Crippen LogP contribution in [0.2, 0.25) is 0 Å². The summed E-state index contributed by atoms with van der Waals surface area (Å²) in [5.41, 5.74) is 1.72. The van der Waals surface area contributed by atoms with Gasteiger partial charge in [-0.05, 0) is 13.8 Å². The molecule has 2 heterocycles. The number of nitrogens with two attached hydrogens (primary N) is 1. The molecule has 0 spiro atoms. The van der Waals surface area contributed by atoms with Gasteiger partial charge in [-0.15, -0.1) is 5.92 Å². The minimum atomic E-state index is -5.80. The lowest BCUT2D eigenvalue weighted by atomic mass is 9.93. The molecule has 33 heavy (non-hydrogen) atoms. The van der Waals surface area contributed by atoms with Crippen molar-refractivity contribution in [2.45, 2.75) is 44.0 Å². The molecule has 18 nitrogen and oxygen atoms in total. The summed E-state index contributed by atoms with van der Waals surface area (Å²) in [7, 11) is -17.0. The van der Waals surface area contributed by atoms with E-state index in [1.165, 1.54) is 6.92 Å². The van der Waals surface area contributed by atoms with Gasteiger partial charge >= 0.3 is 29.2 Å². The second-order valence-corrected chi connectivity index (χ2v) is 10.8. The Hall–Kier alpha value is -1.54. The van der Waals surface area contributed by atoms with Gasteiger partial charge in [-0.1, -0.05) is 5.92 Å². The van der Waals surface area contributed by atoms with Gasteiger partial charge in [0.25, 0.3) is 0 Å². The van der Waals surface area contributed by atoms with Crippen LogP contribution >= 0.6 is 23.5 Å². The van der Waals surface area contributed by atoms with Crippen LogP contribution in [0.1, 0.15) is 20.1 Å². The van der Waals surface area contributed by atoms with Crippen LogP contribution in [0.4, 0.5) is 5.82 Å². The van der Waals surface area contributed by atoms with Crippen LogP contribution < -0.4 is 11.4 Å². The molecule has 186 valence electrons. The molecular weight excluding hydrogens is 517 g/mol. The van der Waals surface area contributed by atoms with E-state index in [-0.39, 0.29) is 5.82 Å². The van der Waals surface area contributed by atoms with Gasteiger partial charge in [0.1, 0.15) is 18.0 Å². The Morgan fingerprint density at radius 3 is 2.36 bits per heavy atom. The molecule has 0 amide bonds. The molecule has 8 N–H and O–H groups in total. The first-order chi connectivity index (χ1) is 14.9. The minimum absolute atomic E-state index is 0.266. The molecule has 1 fully saturated rings. The lowest BCUT2D eigenvalue weighted by molar-refractivity contribution is -0.0932. The van der Waals surface area contributed by atoms with Crippen LogP contribution in [0.25, 0.3) is 0 Å². The number of phosphoric ester groups is 1. The van der Waals surface area contributed by atoms with E-state index in [1.54, 1.807) is 0 Å². The number of aliphatic hydroxyl groups excluding tert-OH is 1. The van der Waals surface area contributed by atoms with Crippen LogP contribution in [-0.2, 0) is 31.6 Å². The van der Waals surface area contributed by atoms with E-state index in [9.17, 15) is 38.5 Å². The fourth-order valence-electron chi connectivity index (χ4n) is 2.76. The summed E-state index contributed by atoms with van der Waals surface area (Å²) in [6.07, 6.45) is -6.39. The van der Waals surface area contributed by atoms with Gasteiger partial charge in [0.15, 0.2) is 6.23 Å². The standard InChI is InChI=1S/C12H19N4O14P3/c1-3-4-12(19)9(17)8(27-10(12)16-11(18)15-7(13)5-14-16)6(2)28-32(23,24)30-33(25,26)29-31(20,21)22/h5-6,8-10,17,19H,1-2H3,(H,23,24)(H,25,26)(H2,13,15,18)(H2,20,21,22)/t6-,8-,9+,10-,12?/m1/s1. The van der Waals surface area contributed by atoms with Gasteiger partial charge in [0.2, 0.25) is 5.60 Å². The lowest BCUT2D eigenvalue weighted by Gasteiger charge is -2.26. The first kappa shape index (κ1) is 27.7. The maximum Gasteiger partial charge on any atom is 0.490 e. The predicted octanol–water partition coefficient (Wildman–Crippen LogP) is -2.04. The highest BCUT2D eigenvalue weighted by Gasteiger charge is 2.59. The highest BCUT2D eigenvalue weighted by molar-refractivity contribution is 7.66. The van der Waals surface area contributed by atoms with Crippen LogP contribution in [0.3, 0.4) is 0 Å². The Bertz CT molecular complexity index is 1160. The third-order valence-corrected chi connectivity index (χ3v) is 7.81. The summed E-state index contributed by atoms with van der Waals surface area (Å²) < 4.78 is 51.8.